The van der Waals surface area contributed by atoms with Gasteiger partial charge in [-0.05, 0) is 29.3 Å². The molecule has 0 spiro atoms. The van der Waals surface area contributed by atoms with Crippen molar-refractivity contribution in [3.8, 4) is 0 Å². The van der Waals surface area contributed by atoms with Gasteiger partial charge in [-0.3, -0.25) is 11.8 Å². The average molecular weight is 474 g/mol. The van der Waals surface area contributed by atoms with E-state index in [1.807, 2.05) is 6.07 Å². The van der Waals surface area contributed by atoms with Crippen LogP contribution in [0, 0.1) is 14.0 Å². The molecule has 2 aromatic rings. The number of hydrogen-bond donors (Lipinski definition) is 1. The van der Waals surface area contributed by atoms with Crippen LogP contribution >= 0.6 is 0 Å². The molecule has 2 rings (SSSR count). The molecule has 0 aliphatic carbocycles. The first-order valence-corrected chi connectivity index (χ1v) is 6.38. The summed E-state index contributed by atoms with van der Waals surface area (Å²) < 4.78 is 0. The Hall–Kier alpha value is -1.74. The molecular formula is C18H21IrN2O. The Morgan fingerprint density at radius 1 is 1.14 bits per heavy atom. The van der Waals surface area contributed by atoms with E-state index in [2.05, 4.69) is 37.8 Å². The number of ketones is 1. The Balaban J connectivity index is 0. The molecule has 0 amide bonds. The standard InChI is InChI=1S/C15H13NO.C2H5.CH4N.Ir/c1-3-11-8-12(4-2)10-13(9-11)15(17)14-6-5-7-16-14;2*1-2;/h3-10H,1-2H2,(H,16,17);1H2,2H3;1-2H2;/q;2*-1;+3/p-1. The van der Waals surface area contributed by atoms with Crippen molar-refractivity contribution < 1.29 is 24.9 Å². The average Bonchev–Trinajstić information content (AvgIpc) is 3.11. The molecule has 4 heteroatoms. The normalized spacial score (nSPS) is 8.18. The fourth-order valence-electron chi connectivity index (χ4n) is 1.63. The summed E-state index contributed by atoms with van der Waals surface area (Å²) in [6, 6.07) is 8.98. The van der Waals surface area contributed by atoms with Crippen molar-refractivity contribution in [3.05, 3.63) is 86.0 Å². The first-order chi connectivity index (χ1) is 10.2. The molecule has 0 unspecified atom stereocenters. The number of aromatic nitrogens is 1. The second-order valence-corrected chi connectivity index (χ2v) is 3.65. The zero-order chi connectivity index (χ0) is 16.3. The molecule has 0 saturated heterocycles. The smallest absolute Gasteiger partial charge is 0.661 e. The fourth-order valence-corrected chi connectivity index (χ4v) is 1.63. The first-order valence-electron chi connectivity index (χ1n) is 6.38. The molecule has 0 radical (unpaired) electrons. The predicted molar refractivity (Wildman–Crippen MR) is 90.4 cm³/mol. The summed E-state index contributed by atoms with van der Waals surface area (Å²) in [5.74, 6) is -0.0817. The van der Waals surface area contributed by atoms with E-state index in [0.717, 1.165) is 11.1 Å². The molecule has 0 fully saturated rings. The van der Waals surface area contributed by atoms with Crippen LogP contribution in [0.5, 0.6) is 0 Å². The monoisotopic (exact) mass is 474 g/mol. The minimum atomic E-state index is -0.0817. The number of rotatable bonds is 4. The SMILES string of the molecule is C=Cc1cc(C=C)cc(C(=O)c2ccc[n-]2)c1.[CH2-]C.[CH2-]N.[Ir+3]. The summed E-state index contributed by atoms with van der Waals surface area (Å²) in [5.41, 5.74) is 7.12. The molecule has 0 aliphatic rings. The maximum absolute atomic E-state index is 12.1. The number of carbonyl (C=O) groups excluding carboxylic acids is 1. The Kier molecular flexibility index (Phi) is 13.3. The number of carbonyl (C=O) groups is 1. The summed E-state index contributed by atoms with van der Waals surface area (Å²) in [6.07, 6.45) is 5.03. The van der Waals surface area contributed by atoms with E-state index in [1.165, 1.54) is 0 Å². The third kappa shape index (κ3) is 6.35. The maximum Gasteiger partial charge on any atom is 3.00 e. The van der Waals surface area contributed by atoms with Gasteiger partial charge >= 0.3 is 20.1 Å². The predicted octanol–water partition coefficient (Wildman–Crippen LogP) is 3.74. The second-order valence-electron chi connectivity index (χ2n) is 3.65. The molecule has 22 heavy (non-hydrogen) atoms. The molecule has 2 N–H and O–H groups in total. The quantitative estimate of drug-likeness (QED) is 0.544. The molecule has 0 saturated carbocycles. The minimum Gasteiger partial charge on any atom is -0.661 e. The van der Waals surface area contributed by atoms with Crippen molar-refractivity contribution in [2.45, 2.75) is 6.92 Å². The molecule has 0 atom stereocenters. The van der Waals surface area contributed by atoms with Crippen molar-refractivity contribution in [1.82, 2.24) is 4.98 Å². The van der Waals surface area contributed by atoms with Crippen molar-refractivity contribution in [3.63, 3.8) is 0 Å². The minimum absolute atomic E-state index is 0. The summed E-state index contributed by atoms with van der Waals surface area (Å²) in [7, 11) is 2.75. The summed E-state index contributed by atoms with van der Waals surface area (Å²) in [5, 5.41) is 0. The van der Waals surface area contributed by atoms with Gasteiger partial charge in [-0.15, -0.1) is 0 Å². The van der Waals surface area contributed by atoms with Crippen LogP contribution in [0.15, 0.2) is 49.7 Å². The van der Waals surface area contributed by atoms with Crippen LogP contribution in [0.2, 0.25) is 0 Å². The molecule has 118 valence electrons. The van der Waals surface area contributed by atoms with Crippen LogP contribution in [-0.2, 0) is 20.1 Å². The van der Waals surface area contributed by atoms with Crippen molar-refractivity contribution in [2.24, 2.45) is 5.73 Å². The van der Waals surface area contributed by atoms with Gasteiger partial charge in [0.2, 0.25) is 0 Å². The first kappa shape index (κ1) is 22.5. The number of benzene rings is 1. The molecule has 1 aromatic carbocycles. The van der Waals surface area contributed by atoms with Crippen LogP contribution < -0.4 is 10.7 Å². The van der Waals surface area contributed by atoms with Crippen LogP contribution in [0.25, 0.3) is 12.2 Å². The van der Waals surface area contributed by atoms with Crippen LogP contribution in [0.1, 0.15) is 34.1 Å². The van der Waals surface area contributed by atoms with Gasteiger partial charge in [0.25, 0.3) is 0 Å². The zero-order valence-electron chi connectivity index (χ0n) is 12.7. The van der Waals surface area contributed by atoms with E-state index in [-0.39, 0.29) is 25.9 Å². The number of nitrogens with two attached hydrogens (primary N) is 1. The maximum atomic E-state index is 12.1. The zero-order valence-corrected chi connectivity index (χ0v) is 15.1. The van der Waals surface area contributed by atoms with Crippen molar-refractivity contribution in [1.29, 1.82) is 0 Å². The number of nitrogens with zero attached hydrogens (tertiary/aromatic N) is 1. The van der Waals surface area contributed by atoms with E-state index < -0.39 is 0 Å². The van der Waals surface area contributed by atoms with Crippen LogP contribution in [-0.4, -0.2) is 5.78 Å². The number of hydrogen-bond acceptors (Lipinski definition) is 2. The van der Waals surface area contributed by atoms with Crippen molar-refractivity contribution >= 4 is 17.9 Å². The molecule has 1 heterocycles. The van der Waals surface area contributed by atoms with E-state index in [9.17, 15) is 4.79 Å². The third-order valence-electron chi connectivity index (χ3n) is 2.50. The van der Waals surface area contributed by atoms with Crippen molar-refractivity contribution in [2.75, 3.05) is 0 Å². The van der Waals surface area contributed by atoms with Gasteiger partial charge in [-0.2, -0.15) is 13.1 Å². The third-order valence-corrected chi connectivity index (χ3v) is 2.50. The molecule has 3 nitrogen and oxygen atoms in total. The van der Waals surface area contributed by atoms with Gasteiger partial charge in [0, 0.05) is 5.56 Å². The molecule has 0 aliphatic heterocycles. The van der Waals surface area contributed by atoms with Gasteiger partial charge < -0.3 is 17.6 Å². The Morgan fingerprint density at radius 3 is 2.00 bits per heavy atom. The van der Waals surface area contributed by atoms with Crippen LogP contribution in [0.3, 0.4) is 0 Å². The molecule has 1 aromatic heterocycles. The summed E-state index contributed by atoms with van der Waals surface area (Å²) >= 11 is 0. The van der Waals surface area contributed by atoms with Gasteiger partial charge in [0.05, 0.1) is 0 Å². The fraction of sp³-hybridized carbons (Fsp3) is 0.0556. The Morgan fingerprint density at radius 2 is 1.64 bits per heavy atom. The van der Waals surface area contributed by atoms with Gasteiger partial charge in [-0.25, -0.2) is 0 Å². The second kappa shape index (κ2) is 13.0. The van der Waals surface area contributed by atoms with Gasteiger partial charge in [0.1, 0.15) is 0 Å². The summed E-state index contributed by atoms with van der Waals surface area (Å²) in [4.78, 5) is 16.1. The summed E-state index contributed by atoms with van der Waals surface area (Å²) in [6.45, 7) is 12.4. The van der Waals surface area contributed by atoms with E-state index >= 15 is 0 Å². The Labute approximate surface area is 146 Å². The molecular weight excluding hydrogens is 452 g/mol. The topological polar surface area (TPSA) is 57.2 Å². The van der Waals surface area contributed by atoms with Gasteiger partial charge in [-0.1, -0.05) is 43.1 Å². The molecule has 0 bridgehead atoms. The largest absolute Gasteiger partial charge is 3.00 e. The van der Waals surface area contributed by atoms with E-state index in [4.69, 9.17) is 0 Å². The van der Waals surface area contributed by atoms with Gasteiger partial charge in [0.15, 0.2) is 5.78 Å². The van der Waals surface area contributed by atoms with E-state index in [1.54, 1.807) is 49.5 Å². The van der Waals surface area contributed by atoms with E-state index in [0.29, 0.717) is 11.3 Å². The van der Waals surface area contributed by atoms with Crippen LogP contribution in [0.4, 0.5) is 0 Å². The Bertz CT molecular complexity index is 549.